The fourth-order valence-corrected chi connectivity index (χ4v) is 3.46. The molecule has 2 fully saturated rings. The molecule has 154 valence electrons. The highest BCUT2D eigenvalue weighted by molar-refractivity contribution is 5.92. The van der Waals surface area contributed by atoms with E-state index in [1.54, 1.807) is 17.9 Å². The van der Waals surface area contributed by atoms with Gasteiger partial charge in [-0.05, 0) is 45.6 Å². The van der Waals surface area contributed by atoms with Crippen LogP contribution in [0.25, 0.3) is 0 Å². The third-order valence-electron chi connectivity index (χ3n) is 4.96. The molecule has 1 unspecified atom stereocenters. The Morgan fingerprint density at radius 1 is 1.29 bits per heavy atom. The van der Waals surface area contributed by atoms with Crippen molar-refractivity contribution in [3.05, 3.63) is 17.5 Å². The number of aryl methyl sites for hydroxylation is 1. The van der Waals surface area contributed by atoms with Gasteiger partial charge >= 0.3 is 6.09 Å². The summed E-state index contributed by atoms with van der Waals surface area (Å²) in [6.07, 6.45) is 3.39. The molecule has 28 heavy (non-hydrogen) atoms. The van der Waals surface area contributed by atoms with E-state index in [-0.39, 0.29) is 24.1 Å². The standard InChI is InChI=1S/C19H29N5O4/c1-3-27-19(26)24-8-6-14(7-9-24)22-18-21-13(2)11-16(23-18)17(25)20-12-15-5-4-10-28-15/h11,14-15H,3-10,12H2,1-2H3,(H,20,25)(H,21,22,23). The smallest absolute Gasteiger partial charge is 0.409 e. The van der Waals surface area contributed by atoms with Gasteiger partial charge in [0.15, 0.2) is 0 Å². The first-order valence-electron chi connectivity index (χ1n) is 9.99. The zero-order valence-electron chi connectivity index (χ0n) is 16.6. The molecule has 0 aliphatic carbocycles. The molecule has 1 aromatic heterocycles. The molecule has 2 aliphatic rings. The van der Waals surface area contributed by atoms with Crippen molar-refractivity contribution in [3.8, 4) is 0 Å². The predicted molar refractivity (Wildman–Crippen MR) is 103 cm³/mol. The fourth-order valence-electron chi connectivity index (χ4n) is 3.46. The van der Waals surface area contributed by atoms with Gasteiger partial charge in [-0.2, -0.15) is 0 Å². The van der Waals surface area contributed by atoms with E-state index in [2.05, 4.69) is 20.6 Å². The number of carbonyl (C=O) groups excluding carboxylic acids is 2. The lowest BCUT2D eigenvalue weighted by atomic mass is 10.1. The number of piperidine rings is 1. The first kappa shape index (κ1) is 20.3. The number of anilines is 1. The van der Waals surface area contributed by atoms with Crippen molar-refractivity contribution in [2.75, 3.05) is 38.2 Å². The zero-order valence-corrected chi connectivity index (χ0v) is 16.6. The molecule has 2 N–H and O–H groups in total. The molecule has 2 saturated heterocycles. The van der Waals surface area contributed by atoms with Crippen LogP contribution in [0.5, 0.6) is 0 Å². The largest absolute Gasteiger partial charge is 0.450 e. The number of carbonyl (C=O) groups is 2. The van der Waals surface area contributed by atoms with Crippen molar-refractivity contribution in [1.29, 1.82) is 0 Å². The minimum atomic E-state index is -0.266. The molecule has 2 aliphatic heterocycles. The lowest BCUT2D eigenvalue weighted by Crippen LogP contribution is -2.42. The molecule has 1 aromatic rings. The molecule has 0 spiro atoms. The van der Waals surface area contributed by atoms with Gasteiger partial charge in [-0.1, -0.05) is 0 Å². The van der Waals surface area contributed by atoms with Crippen LogP contribution >= 0.6 is 0 Å². The van der Waals surface area contributed by atoms with Gasteiger partial charge in [0.25, 0.3) is 5.91 Å². The maximum atomic E-state index is 12.4. The minimum absolute atomic E-state index is 0.0917. The maximum Gasteiger partial charge on any atom is 0.409 e. The number of ether oxygens (including phenoxy) is 2. The number of hydrogen-bond acceptors (Lipinski definition) is 7. The van der Waals surface area contributed by atoms with Crippen LogP contribution in [-0.4, -0.2) is 71.9 Å². The van der Waals surface area contributed by atoms with Gasteiger partial charge in [-0.15, -0.1) is 0 Å². The van der Waals surface area contributed by atoms with E-state index < -0.39 is 0 Å². The topological polar surface area (TPSA) is 106 Å². The van der Waals surface area contributed by atoms with E-state index in [4.69, 9.17) is 9.47 Å². The Hall–Kier alpha value is -2.42. The van der Waals surface area contributed by atoms with Crippen LogP contribution in [0.2, 0.25) is 0 Å². The first-order chi connectivity index (χ1) is 13.5. The highest BCUT2D eigenvalue weighted by Gasteiger charge is 2.24. The SMILES string of the molecule is CCOC(=O)N1CCC(Nc2nc(C)cc(C(=O)NCC3CCCO3)n2)CC1. The summed E-state index contributed by atoms with van der Waals surface area (Å²) in [7, 11) is 0. The summed E-state index contributed by atoms with van der Waals surface area (Å²) in [4.78, 5) is 34.7. The van der Waals surface area contributed by atoms with Crippen LogP contribution < -0.4 is 10.6 Å². The van der Waals surface area contributed by atoms with Crippen molar-refractivity contribution in [2.24, 2.45) is 0 Å². The molecule has 0 radical (unpaired) electrons. The first-order valence-corrected chi connectivity index (χ1v) is 9.99. The molecule has 0 bridgehead atoms. The average molecular weight is 391 g/mol. The van der Waals surface area contributed by atoms with Crippen molar-refractivity contribution >= 4 is 17.9 Å². The van der Waals surface area contributed by atoms with Crippen molar-refractivity contribution in [2.45, 2.75) is 51.7 Å². The summed E-state index contributed by atoms with van der Waals surface area (Å²) in [5.74, 6) is 0.220. The molecule has 2 amide bonds. The van der Waals surface area contributed by atoms with E-state index in [0.717, 1.165) is 38.0 Å². The molecule has 9 heteroatoms. The monoisotopic (exact) mass is 391 g/mol. The zero-order chi connectivity index (χ0) is 19.9. The maximum absolute atomic E-state index is 12.4. The van der Waals surface area contributed by atoms with E-state index in [1.165, 1.54) is 0 Å². The molecule has 1 atom stereocenters. The van der Waals surface area contributed by atoms with Crippen molar-refractivity contribution < 1.29 is 19.1 Å². The highest BCUT2D eigenvalue weighted by atomic mass is 16.6. The quantitative estimate of drug-likeness (QED) is 0.761. The third-order valence-corrected chi connectivity index (χ3v) is 4.96. The molecule has 0 aromatic carbocycles. The van der Waals surface area contributed by atoms with Gasteiger partial charge in [-0.3, -0.25) is 4.79 Å². The summed E-state index contributed by atoms with van der Waals surface area (Å²) in [6.45, 7) is 6.52. The predicted octanol–water partition coefficient (Wildman–Crippen LogP) is 1.73. The average Bonchev–Trinajstić information content (AvgIpc) is 3.20. The van der Waals surface area contributed by atoms with E-state index in [1.807, 2.05) is 6.92 Å². The number of rotatable bonds is 6. The number of aromatic nitrogens is 2. The van der Waals surface area contributed by atoms with E-state index >= 15 is 0 Å². The molecule has 0 saturated carbocycles. The van der Waals surface area contributed by atoms with Crippen LogP contribution in [0.15, 0.2) is 6.07 Å². The Kier molecular flexibility index (Phi) is 7.02. The normalized spacial score (nSPS) is 20.1. The summed E-state index contributed by atoms with van der Waals surface area (Å²) < 4.78 is 10.6. The van der Waals surface area contributed by atoms with E-state index in [9.17, 15) is 9.59 Å². The third kappa shape index (κ3) is 5.54. The number of amides is 2. The Morgan fingerprint density at radius 2 is 2.07 bits per heavy atom. The van der Waals surface area contributed by atoms with Crippen LogP contribution in [-0.2, 0) is 9.47 Å². The lowest BCUT2D eigenvalue weighted by Gasteiger charge is -2.31. The van der Waals surface area contributed by atoms with Crippen molar-refractivity contribution in [3.63, 3.8) is 0 Å². The lowest BCUT2D eigenvalue weighted by molar-refractivity contribution is 0.0853. The Labute approximate surface area is 165 Å². The Morgan fingerprint density at radius 3 is 2.75 bits per heavy atom. The molecule has 3 heterocycles. The number of nitrogens with one attached hydrogen (secondary N) is 2. The van der Waals surface area contributed by atoms with E-state index in [0.29, 0.717) is 37.9 Å². The molecule has 3 rings (SSSR count). The van der Waals surface area contributed by atoms with Crippen LogP contribution in [0.1, 0.15) is 48.8 Å². The van der Waals surface area contributed by atoms with Crippen molar-refractivity contribution in [1.82, 2.24) is 20.2 Å². The summed E-state index contributed by atoms with van der Waals surface area (Å²) >= 11 is 0. The summed E-state index contributed by atoms with van der Waals surface area (Å²) in [5, 5.41) is 6.19. The summed E-state index contributed by atoms with van der Waals surface area (Å²) in [6, 6.07) is 1.83. The van der Waals surface area contributed by atoms with Crippen LogP contribution in [0, 0.1) is 6.92 Å². The van der Waals surface area contributed by atoms with Crippen LogP contribution in [0.4, 0.5) is 10.7 Å². The van der Waals surface area contributed by atoms with Gasteiger partial charge in [0.2, 0.25) is 5.95 Å². The van der Waals surface area contributed by atoms with Gasteiger partial charge in [0.1, 0.15) is 5.69 Å². The molecule has 9 nitrogen and oxygen atoms in total. The Balaban J connectivity index is 1.53. The van der Waals surface area contributed by atoms with Gasteiger partial charge in [0, 0.05) is 38.0 Å². The number of likely N-dealkylation sites (tertiary alicyclic amines) is 1. The minimum Gasteiger partial charge on any atom is -0.450 e. The second kappa shape index (κ2) is 9.68. The second-order valence-corrected chi connectivity index (χ2v) is 7.17. The number of nitrogens with zero attached hydrogens (tertiary/aromatic N) is 3. The molecular weight excluding hydrogens is 362 g/mol. The van der Waals surface area contributed by atoms with Gasteiger partial charge < -0.3 is 25.0 Å². The second-order valence-electron chi connectivity index (χ2n) is 7.17. The van der Waals surface area contributed by atoms with Crippen LogP contribution in [0.3, 0.4) is 0 Å². The fraction of sp³-hybridized carbons (Fsp3) is 0.684. The molecular formula is C19H29N5O4. The number of hydrogen-bond donors (Lipinski definition) is 2. The van der Waals surface area contributed by atoms with Gasteiger partial charge in [-0.25, -0.2) is 14.8 Å². The Bertz CT molecular complexity index is 685. The van der Waals surface area contributed by atoms with Gasteiger partial charge in [0.05, 0.1) is 12.7 Å². The summed E-state index contributed by atoms with van der Waals surface area (Å²) in [5.41, 5.74) is 1.07. The highest BCUT2D eigenvalue weighted by Crippen LogP contribution is 2.16.